The van der Waals surface area contributed by atoms with E-state index in [0.29, 0.717) is 5.52 Å². The van der Waals surface area contributed by atoms with Crippen LogP contribution in [-0.2, 0) is 0 Å². The maximum absolute atomic E-state index is 13.5. The number of aromatic nitrogens is 3. The lowest BCUT2D eigenvalue weighted by atomic mass is 10.2. The van der Waals surface area contributed by atoms with Crippen LogP contribution in [0, 0.1) is 0 Å². The summed E-state index contributed by atoms with van der Waals surface area (Å²) in [7, 11) is 0. The van der Waals surface area contributed by atoms with Gasteiger partial charge in [-0.15, -0.1) is 0 Å². The largest absolute Gasteiger partial charge is 0.342 e. The van der Waals surface area contributed by atoms with E-state index in [9.17, 15) is 22.4 Å². The van der Waals surface area contributed by atoms with E-state index in [-0.39, 0.29) is 33.7 Å². The summed E-state index contributed by atoms with van der Waals surface area (Å²) >= 11 is 0.142. The maximum Gasteiger partial charge on any atom is 0.320 e. The smallest absolute Gasteiger partial charge is 0.320 e. The highest BCUT2D eigenvalue weighted by Crippen LogP contribution is 2.28. The normalized spacial score (nSPS) is 12.7. The Kier molecular flexibility index (Phi) is 5.64. The van der Waals surface area contributed by atoms with Crippen molar-refractivity contribution < 1.29 is 22.4 Å². The molecule has 5 nitrogen and oxygen atoms in total. The number of fused-ring (bicyclic) bond motifs is 1. The highest BCUT2D eigenvalue weighted by atomic mass is 32.2. The summed E-state index contributed by atoms with van der Waals surface area (Å²) in [6.45, 7) is -1.36. The summed E-state index contributed by atoms with van der Waals surface area (Å²) in [6, 6.07) is 8.26. The number of para-hydroxylation sites is 2. The van der Waals surface area contributed by atoms with E-state index in [1.807, 2.05) is 0 Å². The highest BCUT2D eigenvalue weighted by molar-refractivity contribution is 7.99. The number of nitrogens with one attached hydrogen (secondary N) is 1. The number of pyridine rings is 1. The molecule has 2 aromatic heterocycles. The van der Waals surface area contributed by atoms with Gasteiger partial charge in [-0.2, -0.15) is 17.6 Å². The second-order valence-electron chi connectivity index (χ2n) is 5.54. The second-order valence-corrected chi connectivity index (χ2v) is 6.51. The molecule has 0 aliphatic carbocycles. The number of imidazole rings is 1. The zero-order valence-corrected chi connectivity index (χ0v) is 14.8. The van der Waals surface area contributed by atoms with Crippen molar-refractivity contribution in [2.45, 2.75) is 30.3 Å². The lowest BCUT2D eigenvalue weighted by Crippen LogP contribution is -2.29. The number of hydrogen-bond acceptors (Lipinski definition) is 4. The summed E-state index contributed by atoms with van der Waals surface area (Å²) in [5.41, 5.74) is 0.539. The number of halogens is 4. The first-order valence-corrected chi connectivity index (χ1v) is 8.72. The molecule has 142 valence electrons. The zero-order valence-electron chi connectivity index (χ0n) is 13.9. The van der Waals surface area contributed by atoms with Crippen LogP contribution in [0.5, 0.6) is 0 Å². The van der Waals surface area contributed by atoms with Gasteiger partial charge in [0, 0.05) is 6.20 Å². The van der Waals surface area contributed by atoms with Crippen LogP contribution < -0.4 is 5.32 Å². The number of nitrogens with zero attached hydrogens (tertiary/aromatic N) is 3. The monoisotopic (exact) mass is 398 g/mol. The molecule has 0 saturated carbocycles. The Balaban J connectivity index is 1.90. The predicted octanol–water partition coefficient (Wildman–Crippen LogP) is 4.63. The Bertz CT molecular complexity index is 963. The second kappa shape index (κ2) is 7.95. The molecule has 1 atom stereocenters. The SMILES string of the molecule is CC(NC(=O)c1cccnc1SC(F)F)c1nc2ccccc2n1C(F)F. The molecule has 1 unspecified atom stereocenters. The number of rotatable bonds is 6. The number of amides is 1. The molecule has 1 amide bonds. The average Bonchev–Trinajstić information content (AvgIpc) is 3.01. The van der Waals surface area contributed by atoms with Gasteiger partial charge in [0.25, 0.3) is 11.7 Å². The minimum atomic E-state index is -2.85. The predicted molar refractivity (Wildman–Crippen MR) is 93.0 cm³/mol. The lowest BCUT2D eigenvalue weighted by molar-refractivity contribution is 0.0687. The Labute approximate surface area is 155 Å². The third-order valence-corrected chi connectivity index (χ3v) is 4.50. The molecule has 0 fully saturated rings. The molecule has 10 heteroatoms. The lowest BCUT2D eigenvalue weighted by Gasteiger charge is -2.16. The number of carbonyl (C=O) groups is 1. The van der Waals surface area contributed by atoms with E-state index in [0.717, 1.165) is 4.57 Å². The van der Waals surface area contributed by atoms with Crippen molar-refractivity contribution in [3.8, 4) is 0 Å². The van der Waals surface area contributed by atoms with Crippen molar-refractivity contribution in [2.75, 3.05) is 0 Å². The summed E-state index contributed by atoms with van der Waals surface area (Å²) in [4.78, 5) is 20.5. The van der Waals surface area contributed by atoms with Crippen LogP contribution >= 0.6 is 11.8 Å². The molecule has 27 heavy (non-hydrogen) atoms. The molecular weight excluding hydrogens is 384 g/mol. The van der Waals surface area contributed by atoms with Crippen molar-refractivity contribution in [1.82, 2.24) is 19.9 Å². The van der Waals surface area contributed by atoms with E-state index in [2.05, 4.69) is 15.3 Å². The molecular formula is C17H14F4N4OS. The van der Waals surface area contributed by atoms with E-state index in [1.165, 1.54) is 31.3 Å². The van der Waals surface area contributed by atoms with E-state index in [4.69, 9.17) is 0 Å². The van der Waals surface area contributed by atoms with Crippen molar-refractivity contribution in [3.63, 3.8) is 0 Å². The van der Waals surface area contributed by atoms with Crippen LogP contribution in [0.25, 0.3) is 11.0 Å². The first kappa shape index (κ1) is 19.2. The quantitative estimate of drug-likeness (QED) is 0.486. The Morgan fingerprint density at radius 2 is 1.89 bits per heavy atom. The van der Waals surface area contributed by atoms with Gasteiger partial charge in [-0.1, -0.05) is 12.1 Å². The van der Waals surface area contributed by atoms with Crippen LogP contribution in [-0.4, -0.2) is 26.2 Å². The topological polar surface area (TPSA) is 59.8 Å². The number of alkyl halides is 4. The van der Waals surface area contributed by atoms with Crippen LogP contribution in [0.3, 0.4) is 0 Å². The number of benzene rings is 1. The number of hydrogen-bond donors (Lipinski definition) is 1. The van der Waals surface area contributed by atoms with Crippen molar-refractivity contribution in [3.05, 3.63) is 54.0 Å². The van der Waals surface area contributed by atoms with Crippen molar-refractivity contribution in [2.24, 2.45) is 0 Å². The summed E-state index contributed by atoms with van der Waals surface area (Å²) in [5.74, 6) is -3.48. The number of carbonyl (C=O) groups excluding carboxylic acids is 1. The van der Waals surface area contributed by atoms with Crippen molar-refractivity contribution >= 4 is 28.7 Å². The van der Waals surface area contributed by atoms with Gasteiger partial charge in [-0.05, 0) is 43.0 Å². The minimum Gasteiger partial charge on any atom is -0.342 e. The molecule has 0 aliphatic heterocycles. The molecule has 0 aliphatic rings. The summed E-state index contributed by atoms with van der Waals surface area (Å²) in [6.07, 6.45) is 1.29. The van der Waals surface area contributed by atoms with Gasteiger partial charge in [0.1, 0.15) is 10.9 Å². The van der Waals surface area contributed by atoms with Crippen LogP contribution in [0.2, 0.25) is 0 Å². The average molecular weight is 398 g/mol. The van der Waals surface area contributed by atoms with Gasteiger partial charge in [0.15, 0.2) is 0 Å². The molecule has 0 spiro atoms. The molecule has 0 bridgehead atoms. The standard InChI is InChI=1S/C17H14F4N4OS/c1-9(13-24-11-6-2-3-7-12(11)25(13)16(18)19)23-14(26)10-5-4-8-22-15(10)27-17(20)21/h2-9,16-17H,1H3,(H,23,26). The van der Waals surface area contributed by atoms with E-state index >= 15 is 0 Å². The van der Waals surface area contributed by atoms with Gasteiger partial charge in [0.05, 0.1) is 22.6 Å². The Morgan fingerprint density at radius 3 is 2.59 bits per heavy atom. The van der Waals surface area contributed by atoms with E-state index < -0.39 is 24.3 Å². The molecule has 1 aromatic carbocycles. The van der Waals surface area contributed by atoms with Gasteiger partial charge in [-0.25, -0.2) is 9.97 Å². The number of thioether (sulfide) groups is 1. The highest BCUT2D eigenvalue weighted by Gasteiger charge is 2.24. The molecule has 3 rings (SSSR count). The molecule has 0 saturated heterocycles. The van der Waals surface area contributed by atoms with Gasteiger partial charge in [-0.3, -0.25) is 9.36 Å². The molecule has 0 radical (unpaired) electrons. The van der Waals surface area contributed by atoms with Crippen molar-refractivity contribution in [1.29, 1.82) is 0 Å². The zero-order chi connectivity index (χ0) is 19.6. The van der Waals surface area contributed by atoms with Crippen LogP contribution in [0.1, 0.15) is 35.7 Å². The van der Waals surface area contributed by atoms with Gasteiger partial charge >= 0.3 is 6.55 Å². The molecule has 1 N–H and O–H groups in total. The first-order chi connectivity index (χ1) is 12.9. The fraction of sp³-hybridized carbons (Fsp3) is 0.235. The molecule has 2 heterocycles. The summed E-state index contributed by atoms with van der Waals surface area (Å²) in [5, 5.41) is 2.39. The third kappa shape index (κ3) is 4.05. The van der Waals surface area contributed by atoms with Crippen LogP contribution in [0.4, 0.5) is 17.6 Å². The first-order valence-electron chi connectivity index (χ1n) is 7.84. The Morgan fingerprint density at radius 1 is 1.15 bits per heavy atom. The van der Waals surface area contributed by atoms with Gasteiger partial charge in [0.2, 0.25) is 0 Å². The van der Waals surface area contributed by atoms with E-state index in [1.54, 1.807) is 18.2 Å². The minimum absolute atomic E-state index is 0.0356. The Hall–Kier alpha value is -2.62. The maximum atomic E-state index is 13.5. The molecule has 3 aromatic rings. The fourth-order valence-corrected chi connectivity index (χ4v) is 3.23. The van der Waals surface area contributed by atoms with Crippen LogP contribution in [0.15, 0.2) is 47.6 Å². The van der Waals surface area contributed by atoms with Gasteiger partial charge < -0.3 is 5.32 Å². The summed E-state index contributed by atoms with van der Waals surface area (Å²) < 4.78 is 53.1. The fourth-order valence-electron chi connectivity index (χ4n) is 2.65. The third-order valence-electron chi connectivity index (χ3n) is 3.77.